The number of carbonyl (C=O) groups is 1. The summed E-state index contributed by atoms with van der Waals surface area (Å²) in [4.78, 5) is 16.5. The molecule has 7 heteroatoms. The second kappa shape index (κ2) is 7.11. The minimum atomic E-state index is -4.43. The highest BCUT2D eigenvalue weighted by atomic mass is 19.4. The Morgan fingerprint density at radius 2 is 1.88 bits per heavy atom. The molecule has 1 aromatic rings. The zero-order valence-corrected chi connectivity index (χ0v) is 13.5. The van der Waals surface area contributed by atoms with E-state index in [-0.39, 0.29) is 17.9 Å². The standard InChI is InChI=1S/C17H22F3N3O/c18-17(19,20)15-4-2-1-3-13(15)11-16(24)23-8-5-14(12-23)22-9-6-21-7-10-22/h1-4,14,21H,5-12H2. The van der Waals surface area contributed by atoms with Gasteiger partial charge in [0.2, 0.25) is 5.91 Å². The summed E-state index contributed by atoms with van der Waals surface area (Å²) in [6, 6.07) is 5.66. The van der Waals surface area contributed by atoms with Crippen molar-refractivity contribution < 1.29 is 18.0 Å². The molecule has 24 heavy (non-hydrogen) atoms. The van der Waals surface area contributed by atoms with E-state index in [1.165, 1.54) is 12.1 Å². The Balaban J connectivity index is 1.62. The van der Waals surface area contributed by atoms with Gasteiger partial charge in [0.15, 0.2) is 0 Å². The fraction of sp³-hybridized carbons (Fsp3) is 0.588. The second-order valence-corrected chi connectivity index (χ2v) is 6.40. The highest BCUT2D eigenvalue weighted by Crippen LogP contribution is 2.32. The van der Waals surface area contributed by atoms with Crippen LogP contribution in [0.25, 0.3) is 0 Å². The molecule has 1 unspecified atom stereocenters. The number of carbonyl (C=O) groups excluding carboxylic acids is 1. The SMILES string of the molecule is O=C(Cc1ccccc1C(F)(F)F)N1CCC(N2CCNCC2)C1. The number of rotatable bonds is 3. The smallest absolute Gasteiger partial charge is 0.341 e. The molecule has 2 aliphatic rings. The first-order valence-corrected chi connectivity index (χ1v) is 8.33. The molecule has 0 saturated carbocycles. The summed E-state index contributed by atoms with van der Waals surface area (Å²) in [5.74, 6) is -0.218. The Hall–Kier alpha value is -1.60. The third-order valence-corrected chi connectivity index (χ3v) is 4.85. The Bertz CT molecular complexity index is 585. The second-order valence-electron chi connectivity index (χ2n) is 6.40. The predicted molar refractivity (Wildman–Crippen MR) is 84.6 cm³/mol. The summed E-state index contributed by atoms with van der Waals surface area (Å²) in [7, 11) is 0. The number of hydrogen-bond donors (Lipinski definition) is 1. The Morgan fingerprint density at radius 1 is 1.17 bits per heavy atom. The van der Waals surface area contributed by atoms with Gasteiger partial charge in [0.25, 0.3) is 0 Å². The van der Waals surface area contributed by atoms with Gasteiger partial charge in [0, 0.05) is 45.3 Å². The van der Waals surface area contributed by atoms with Crippen molar-refractivity contribution in [2.75, 3.05) is 39.3 Å². The molecule has 1 aromatic carbocycles. The van der Waals surface area contributed by atoms with Gasteiger partial charge in [-0.2, -0.15) is 13.2 Å². The van der Waals surface area contributed by atoms with Crippen LogP contribution < -0.4 is 5.32 Å². The van der Waals surface area contributed by atoms with E-state index in [1.54, 1.807) is 11.0 Å². The van der Waals surface area contributed by atoms with Gasteiger partial charge in [-0.25, -0.2) is 0 Å². The predicted octanol–water partition coefficient (Wildman–Crippen LogP) is 1.75. The molecule has 4 nitrogen and oxygen atoms in total. The number of hydrogen-bond acceptors (Lipinski definition) is 3. The maximum absolute atomic E-state index is 13.0. The Labute approximate surface area is 139 Å². The third kappa shape index (κ3) is 3.89. The van der Waals surface area contributed by atoms with Crippen molar-refractivity contribution >= 4 is 5.91 Å². The van der Waals surface area contributed by atoms with Crippen molar-refractivity contribution in [3.8, 4) is 0 Å². The molecule has 0 aromatic heterocycles. The van der Waals surface area contributed by atoms with Crippen LogP contribution in [0.5, 0.6) is 0 Å². The van der Waals surface area contributed by atoms with Gasteiger partial charge < -0.3 is 10.2 Å². The number of nitrogens with one attached hydrogen (secondary N) is 1. The molecule has 2 saturated heterocycles. The first kappa shape index (κ1) is 17.2. The van der Waals surface area contributed by atoms with E-state index in [1.807, 2.05) is 0 Å². The average Bonchev–Trinajstić information content (AvgIpc) is 3.05. The van der Waals surface area contributed by atoms with E-state index in [0.29, 0.717) is 19.1 Å². The maximum Gasteiger partial charge on any atom is 0.416 e. The third-order valence-electron chi connectivity index (χ3n) is 4.85. The largest absolute Gasteiger partial charge is 0.416 e. The fourth-order valence-corrected chi connectivity index (χ4v) is 3.54. The van der Waals surface area contributed by atoms with Crippen molar-refractivity contribution in [1.29, 1.82) is 0 Å². The normalized spacial score (nSPS) is 22.8. The van der Waals surface area contributed by atoms with Crippen LogP contribution in [0, 0.1) is 0 Å². The van der Waals surface area contributed by atoms with Gasteiger partial charge in [-0.1, -0.05) is 18.2 Å². The lowest BCUT2D eigenvalue weighted by Gasteiger charge is -2.32. The zero-order chi connectivity index (χ0) is 17.2. The number of benzene rings is 1. The minimum Gasteiger partial charge on any atom is -0.341 e. The first-order valence-electron chi connectivity index (χ1n) is 8.33. The van der Waals surface area contributed by atoms with Crippen molar-refractivity contribution in [2.24, 2.45) is 0 Å². The number of halogens is 3. The molecular weight excluding hydrogens is 319 g/mol. The van der Waals surface area contributed by atoms with E-state index in [9.17, 15) is 18.0 Å². The lowest BCUT2D eigenvalue weighted by molar-refractivity contribution is -0.138. The molecular formula is C17H22F3N3O. The molecule has 0 spiro atoms. The van der Waals surface area contributed by atoms with Crippen LogP contribution in [0.15, 0.2) is 24.3 Å². The van der Waals surface area contributed by atoms with Gasteiger partial charge in [0.05, 0.1) is 12.0 Å². The summed E-state index contributed by atoms with van der Waals surface area (Å²) in [6.07, 6.45) is -3.72. The summed E-state index contributed by atoms with van der Waals surface area (Å²) >= 11 is 0. The highest BCUT2D eigenvalue weighted by Gasteiger charge is 2.35. The average molecular weight is 341 g/mol. The first-order chi connectivity index (χ1) is 11.4. The van der Waals surface area contributed by atoms with Crippen molar-refractivity contribution in [3.63, 3.8) is 0 Å². The molecule has 0 bridgehead atoms. The van der Waals surface area contributed by atoms with Crippen LogP contribution in [0.1, 0.15) is 17.5 Å². The van der Waals surface area contributed by atoms with Gasteiger partial charge in [-0.15, -0.1) is 0 Å². The molecule has 2 aliphatic heterocycles. The molecule has 0 aliphatic carbocycles. The zero-order valence-electron chi connectivity index (χ0n) is 13.5. The van der Waals surface area contributed by atoms with Crippen LogP contribution in [-0.2, 0) is 17.4 Å². The van der Waals surface area contributed by atoms with Crippen LogP contribution in [0.3, 0.4) is 0 Å². The summed E-state index contributed by atoms with van der Waals surface area (Å²) < 4.78 is 39.1. The molecule has 1 amide bonds. The lowest BCUT2D eigenvalue weighted by atomic mass is 10.0. The number of amides is 1. The summed E-state index contributed by atoms with van der Waals surface area (Å²) in [5, 5.41) is 3.30. The van der Waals surface area contributed by atoms with E-state index in [2.05, 4.69) is 10.2 Å². The van der Waals surface area contributed by atoms with E-state index >= 15 is 0 Å². The van der Waals surface area contributed by atoms with Gasteiger partial charge in [0.1, 0.15) is 0 Å². The molecule has 2 fully saturated rings. The summed E-state index contributed by atoms with van der Waals surface area (Å²) in [5.41, 5.74) is -0.656. The maximum atomic E-state index is 13.0. The number of alkyl halides is 3. The molecule has 0 radical (unpaired) electrons. The number of likely N-dealkylation sites (tertiary alicyclic amines) is 1. The van der Waals surface area contributed by atoms with Crippen LogP contribution in [-0.4, -0.2) is 61.0 Å². The Kier molecular flexibility index (Phi) is 5.10. The molecule has 1 atom stereocenters. The van der Waals surface area contributed by atoms with Crippen molar-refractivity contribution in [3.05, 3.63) is 35.4 Å². The Morgan fingerprint density at radius 3 is 2.58 bits per heavy atom. The van der Waals surface area contributed by atoms with E-state index in [0.717, 1.165) is 38.7 Å². The van der Waals surface area contributed by atoms with Gasteiger partial charge in [-0.3, -0.25) is 9.69 Å². The van der Waals surface area contributed by atoms with E-state index < -0.39 is 11.7 Å². The summed E-state index contributed by atoms with van der Waals surface area (Å²) in [6.45, 7) is 5.06. The van der Waals surface area contributed by atoms with Crippen LogP contribution >= 0.6 is 0 Å². The van der Waals surface area contributed by atoms with Crippen LogP contribution in [0.2, 0.25) is 0 Å². The topological polar surface area (TPSA) is 35.6 Å². The number of piperazine rings is 1. The lowest BCUT2D eigenvalue weighted by Crippen LogP contribution is -2.49. The molecule has 3 rings (SSSR count). The minimum absolute atomic E-state index is 0.0561. The van der Waals surface area contributed by atoms with Gasteiger partial charge >= 0.3 is 6.18 Å². The van der Waals surface area contributed by atoms with E-state index in [4.69, 9.17) is 0 Å². The van der Waals surface area contributed by atoms with Gasteiger partial charge in [-0.05, 0) is 18.1 Å². The quantitative estimate of drug-likeness (QED) is 0.910. The molecule has 1 N–H and O–H groups in total. The van der Waals surface area contributed by atoms with Crippen molar-refractivity contribution in [2.45, 2.75) is 25.1 Å². The van der Waals surface area contributed by atoms with Crippen LogP contribution in [0.4, 0.5) is 13.2 Å². The number of nitrogens with zero attached hydrogens (tertiary/aromatic N) is 2. The monoisotopic (exact) mass is 341 g/mol. The molecule has 132 valence electrons. The highest BCUT2D eigenvalue weighted by molar-refractivity contribution is 5.79. The molecule has 2 heterocycles. The van der Waals surface area contributed by atoms with Crippen molar-refractivity contribution in [1.82, 2.24) is 15.1 Å². The fourth-order valence-electron chi connectivity index (χ4n) is 3.54.